The number of aromatic nitrogens is 4. The molecule has 0 spiro atoms. The molecule has 0 fully saturated rings. The van der Waals surface area contributed by atoms with Crippen molar-refractivity contribution >= 4 is 54.4 Å². The molecule has 2 heterocycles. The Hall–Kier alpha value is -4.16. The Labute approximate surface area is 425 Å². The van der Waals surface area contributed by atoms with Gasteiger partial charge in [0, 0.05) is 41.3 Å². The molecule has 62 heavy (non-hydrogen) atoms. The van der Waals surface area contributed by atoms with E-state index in [0.29, 0.717) is 0 Å². The molecule has 4 N–H and O–H groups in total. The zero-order valence-corrected chi connectivity index (χ0v) is 41.3. The van der Waals surface area contributed by atoms with Crippen LogP contribution in [-0.4, -0.2) is 65.6 Å². The summed E-state index contributed by atoms with van der Waals surface area (Å²) in [7, 11) is -8.76. The molecule has 0 amide bonds. The number of aryl methyl sites for hydroxylation is 2. The molecule has 0 saturated carbocycles. The van der Waals surface area contributed by atoms with Crippen molar-refractivity contribution in [1.82, 2.24) is 19.6 Å². The summed E-state index contributed by atoms with van der Waals surface area (Å²) in [6, 6.07) is 15.8. The average molecular weight is 962 g/mol. The van der Waals surface area contributed by atoms with Crippen molar-refractivity contribution < 1.29 is 152 Å². The molecular weight excluding hydrogens is 937 g/mol. The molecule has 308 valence electrons. The molecule has 0 bridgehead atoms. The smallest absolute Gasteiger partial charge is 0.506 e. The molecular formula is C32H24FeN10Na3O14S2+. The van der Waals surface area contributed by atoms with Gasteiger partial charge in [-0.25, -0.2) is 19.6 Å². The van der Waals surface area contributed by atoms with Gasteiger partial charge in [0.05, 0.1) is 31.0 Å². The molecule has 30 heteroatoms. The number of benzene rings is 4. The first-order chi connectivity index (χ1) is 27.1. The van der Waals surface area contributed by atoms with Gasteiger partial charge in [0.15, 0.2) is 0 Å². The zero-order valence-electron chi connectivity index (χ0n) is 32.6. The maximum atomic E-state index is 12.6. The van der Waals surface area contributed by atoms with E-state index in [9.17, 15) is 56.9 Å². The minimum Gasteiger partial charge on any atom is -0.506 e. The SMILES string of the molecule is Cc1nn(-c2ccc(S(=O)(=O)O)cc2)c(=O)[c-]1N=Nc1cc([N+](=O)[O-])ccc1O.Cc1nn(-c2ccc(S(=O)(=O)O)cc2)c(=O)[c-]1N=Nc1cc([N+](=O)[O-])ccc1O.[Fe].[Na+].[Na+].[Na+]. The van der Waals surface area contributed by atoms with Gasteiger partial charge in [-0.1, -0.05) is 25.2 Å². The molecule has 0 radical (unpaired) electrons. The molecule has 6 aromatic rings. The van der Waals surface area contributed by atoms with Crippen molar-refractivity contribution in [2.24, 2.45) is 20.5 Å². The Morgan fingerprint density at radius 3 is 1.18 bits per heavy atom. The topological polar surface area (TPSA) is 355 Å². The number of hydrogen-bond donors (Lipinski definition) is 4. The van der Waals surface area contributed by atoms with Crippen LogP contribution in [0.2, 0.25) is 0 Å². The fraction of sp³-hybridized carbons (Fsp3) is 0.0625. The summed E-state index contributed by atoms with van der Waals surface area (Å²) in [5, 5.41) is 64.1. The first kappa shape index (κ1) is 55.9. The molecule has 0 atom stereocenters. The number of rotatable bonds is 10. The number of phenolic OH excluding ortho intramolecular Hbond substituents is 2. The summed E-state index contributed by atoms with van der Waals surface area (Å²) >= 11 is 0. The van der Waals surface area contributed by atoms with Gasteiger partial charge >= 0.3 is 88.7 Å². The van der Waals surface area contributed by atoms with Gasteiger partial charge in [0.25, 0.3) is 31.6 Å². The molecule has 24 nitrogen and oxygen atoms in total. The number of hydrogen-bond acceptors (Lipinski definition) is 18. The number of azo groups is 2. The summed E-state index contributed by atoms with van der Waals surface area (Å²) < 4.78 is 64.3. The number of nitrogens with zero attached hydrogens (tertiary/aromatic N) is 10. The quantitative estimate of drug-likeness (QED) is 0.0254. The molecule has 4 aromatic carbocycles. The Balaban J connectivity index is 0.000000582. The number of nitro groups is 2. The van der Waals surface area contributed by atoms with Gasteiger partial charge in [0.2, 0.25) is 0 Å². The summed E-state index contributed by atoms with van der Waals surface area (Å²) in [5.41, 5.74) is -1.96. The van der Waals surface area contributed by atoms with E-state index in [1.165, 1.54) is 38.1 Å². The first-order valence-corrected chi connectivity index (χ1v) is 18.5. The minimum atomic E-state index is -4.38. The van der Waals surface area contributed by atoms with Gasteiger partial charge in [-0.3, -0.25) is 29.3 Å². The third-order valence-electron chi connectivity index (χ3n) is 7.59. The monoisotopic (exact) mass is 961 g/mol. The predicted octanol–water partition coefficient (Wildman–Crippen LogP) is -3.92. The number of non-ortho nitro benzene ring substituents is 2. The van der Waals surface area contributed by atoms with Gasteiger partial charge in [-0.2, -0.15) is 27.1 Å². The van der Waals surface area contributed by atoms with Crippen LogP contribution in [0.15, 0.2) is 125 Å². The van der Waals surface area contributed by atoms with Crippen LogP contribution in [-0.2, 0) is 37.3 Å². The fourth-order valence-corrected chi connectivity index (χ4v) is 5.67. The number of aromatic hydroxyl groups is 2. The predicted molar refractivity (Wildman–Crippen MR) is 198 cm³/mol. The maximum Gasteiger partial charge on any atom is 1.00 e. The zero-order chi connectivity index (χ0) is 42.7. The molecule has 0 unspecified atom stereocenters. The summed E-state index contributed by atoms with van der Waals surface area (Å²) in [5.74, 6) is -0.727. The molecule has 0 aliphatic rings. The van der Waals surface area contributed by atoms with E-state index in [2.05, 4.69) is 30.7 Å². The molecule has 6 rings (SSSR count). The van der Waals surface area contributed by atoms with Crippen molar-refractivity contribution in [2.75, 3.05) is 0 Å². The largest absolute Gasteiger partial charge is 1.00 e. The van der Waals surface area contributed by atoms with Crippen molar-refractivity contribution in [1.29, 1.82) is 0 Å². The third-order valence-corrected chi connectivity index (χ3v) is 9.32. The fourth-order valence-electron chi connectivity index (χ4n) is 4.71. The Bertz CT molecular complexity index is 2810. The van der Waals surface area contributed by atoms with E-state index >= 15 is 0 Å². The Kier molecular flexibility index (Phi) is 20.7. The van der Waals surface area contributed by atoms with Crippen LogP contribution in [0.4, 0.5) is 34.1 Å². The summed E-state index contributed by atoms with van der Waals surface area (Å²) in [4.78, 5) is 44.7. The van der Waals surface area contributed by atoms with Crippen LogP contribution >= 0.6 is 0 Å². The average Bonchev–Trinajstić information content (AvgIpc) is 3.61. The summed E-state index contributed by atoms with van der Waals surface area (Å²) in [6.07, 6.45) is 0. The first-order valence-electron chi connectivity index (χ1n) is 15.6. The Morgan fingerprint density at radius 1 is 0.597 bits per heavy atom. The van der Waals surface area contributed by atoms with Crippen molar-refractivity contribution in [3.63, 3.8) is 0 Å². The minimum absolute atomic E-state index is 0. The standard InChI is InChI=1S/2C16H12N5O7S.Fe.3Na/c2*1-9-15(18-17-13-8-11(21(24)25)4-7-14(13)22)16(23)20(19-9)10-2-5-12(6-3-10)29(26,27)28;;;;/h2*2-8,22H,1H3,(H,26,27,28);;;;/q2*-1;;3*+1. The molecule has 0 saturated heterocycles. The molecule has 0 aliphatic heterocycles. The van der Waals surface area contributed by atoms with E-state index < -0.39 is 41.2 Å². The second-order valence-corrected chi connectivity index (χ2v) is 14.3. The van der Waals surface area contributed by atoms with Crippen LogP contribution in [0.1, 0.15) is 11.4 Å². The van der Waals surface area contributed by atoms with Crippen LogP contribution < -0.4 is 99.8 Å². The normalized spacial score (nSPS) is 11.0. The van der Waals surface area contributed by atoms with E-state index in [1.807, 2.05) is 0 Å². The van der Waals surface area contributed by atoms with Gasteiger partial charge < -0.3 is 30.0 Å². The van der Waals surface area contributed by atoms with Gasteiger partial charge in [0.1, 0.15) is 34.0 Å². The van der Waals surface area contributed by atoms with Crippen LogP contribution in [0.3, 0.4) is 0 Å². The van der Waals surface area contributed by atoms with Crippen molar-refractivity contribution in [3.05, 3.63) is 137 Å². The molecule has 0 aliphatic carbocycles. The Morgan fingerprint density at radius 2 is 0.903 bits per heavy atom. The van der Waals surface area contributed by atoms with Crippen LogP contribution in [0.25, 0.3) is 11.4 Å². The van der Waals surface area contributed by atoms with Crippen molar-refractivity contribution in [2.45, 2.75) is 23.6 Å². The number of nitro benzene ring substituents is 2. The number of phenols is 2. The third kappa shape index (κ3) is 13.4. The van der Waals surface area contributed by atoms with Gasteiger partial charge in [-0.15, -0.1) is 11.4 Å². The van der Waals surface area contributed by atoms with E-state index in [0.717, 1.165) is 70.0 Å². The molecule has 2 aromatic heterocycles. The summed E-state index contributed by atoms with van der Waals surface area (Å²) in [6.45, 7) is 2.96. The van der Waals surface area contributed by atoms with E-state index in [-0.39, 0.29) is 184 Å². The van der Waals surface area contributed by atoms with Gasteiger partial charge in [-0.05, 0) is 60.7 Å². The second kappa shape index (κ2) is 23.0. The van der Waals surface area contributed by atoms with E-state index in [1.54, 1.807) is 0 Å². The maximum absolute atomic E-state index is 12.6. The van der Waals surface area contributed by atoms with E-state index in [4.69, 9.17) is 9.11 Å². The van der Waals surface area contributed by atoms with Crippen molar-refractivity contribution in [3.8, 4) is 22.9 Å². The second-order valence-electron chi connectivity index (χ2n) is 11.5. The van der Waals surface area contributed by atoms with Crippen LogP contribution in [0, 0.1) is 34.1 Å². The van der Waals surface area contributed by atoms with Crippen LogP contribution in [0.5, 0.6) is 11.5 Å².